The van der Waals surface area contributed by atoms with Crippen LogP contribution in [0.1, 0.15) is 17.2 Å². The van der Waals surface area contributed by atoms with Crippen LogP contribution in [0.4, 0.5) is 0 Å². The predicted molar refractivity (Wildman–Crippen MR) is 89.8 cm³/mol. The van der Waals surface area contributed by atoms with Crippen LogP contribution < -0.4 is 10.0 Å². The molecule has 118 valence electrons. The van der Waals surface area contributed by atoms with Crippen LogP contribution in [-0.2, 0) is 16.4 Å². The molecule has 2 aromatic carbocycles. The maximum atomic E-state index is 12.2. The molecule has 1 atom stereocenters. The molecule has 3 rings (SSSR count). The second-order valence-corrected chi connectivity index (χ2v) is 6.89. The summed E-state index contributed by atoms with van der Waals surface area (Å²) in [5.74, 6) is 0. The van der Waals surface area contributed by atoms with Crippen LogP contribution in [0.3, 0.4) is 0 Å². The Bertz CT molecular complexity index is 720. The lowest BCUT2D eigenvalue weighted by Crippen LogP contribution is -2.38. The first-order chi connectivity index (χ1) is 10.2. The molecule has 0 radical (unpaired) electrons. The zero-order valence-corrected chi connectivity index (χ0v) is 13.7. The lowest BCUT2D eigenvalue weighted by molar-refractivity contribution is 0.491. The number of halogens is 1. The van der Waals surface area contributed by atoms with Gasteiger partial charge < -0.3 is 5.32 Å². The Kier molecular flexibility index (Phi) is 5.58. The van der Waals surface area contributed by atoms with Crippen molar-refractivity contribution in [2.75, 3.05) is 13.1 Å². The zero-order valence-electron chi connectivity index (χ0n) is 12.0. The van der Waals surface area contributed by atoms with Crippen molar-refractivity contribution < 1.29 is 8.42 Å². The van der Waals surface area contributed by atoms with E-state index in [1.54, 1.807) is 30.3 Å². The van der Waals surface area contributed by atoms with Gasteiger partial charge in [0.2, 0.25) is 10.0 Å². The fraction of sp³-hybridized carbons (Fsp3) is 0.250. The van der Waals surface area contributed by atoms with Crippen molar-refractivity contribution in [1.82, 2.24) is 10.0 Å². The Hall–Kier alpha value is -1.40. The Morgan fingerprint density at radius 3 is 2.50 bits per heavy atom. The maximum Gasteiger partial charge on any atom is 0.240 e. The van der Waals surface area contributed by atoms with Gasteiger partial charge in [-0.3, -0.25) is 0 Å². The third-order valence-corrected chi connectivity index (χ3v) is 5.19. The SMILES string of the molecule is Cl.O=S(=O)(NCC1NCCc2ccccc21)c1ccccc1. The molecular weight excluding hydrogens is 320 g/mol. The molecule has 2 aromatic rings. The summed E-state index contributed by atoms with van der Waals surface area (Å²) < 4.78 is 27.2. The van der Waals surface area contributed by atoms with E-state index in [1.165, 1.54) is 11.1 Å². The van der Waals surface area contributed by atoms with Crippen molar-refractivity contribution in [3.8, 4) is 0 Å². The van der Waals surface area contributed by atoms with Gasteiger partial charge in [-0.2, -0.15) is 0 Å². The average molecular weight is 339 g/mol. The molecule has 1 heterocycles. The van der Waals surface area contributed by atoms with E-state index in [2.05, 4.69) is 22.2 Å². The molecule has 0 saturated carbocycles. The molecule has 0 saturated heterocycles. The standard InChI is InChI=1S/C16H18N2O2S.ClH/c19-21(20,14-7-2-1-3-8-14)18-12-16-15-9-5-4-6-13(15)10-11-17-16;/h1-9,16-18H,10-12H2;1H. The minimum absolute atomic E-state index is 0. The highest BCUT2D eigenvalue weighted by Crippen LogP contribution is 2.22. The molecule has 0 aliphatic carbocycles. The lowest BCUT2D eigenvalue weighted by Gasteiger charge is -2.27. The van der Waals surface area contributed by atoms with Gasteiger partial charge in [-0.25, -0.2) is 13.1 Å². The van der Waals surface area contributed by atoms with Gasteiger partial charge >= 0.3 is 0 Å². The first-order valence-electron chi connectivity index (χ1n) is 7.03. The second kappa shape index (κ2) is 7.24. The van der Waals surface area contributed by atoms with Crippen molar-refractivity contribution >= 4 is 22.4 Å². The molecule has 1 aliphatic heterocycles. The Balaban J connectivity index is 0.00000176. The van der Waals surface area contributed by atoms with E-state index in [0.29, 0.717) is 11.4 Å². The predicted octanol–water partition coefficient (Wildman–Crippen LogP) is 2.27. The van der Waals surface area contributed by atoms with Gasteiger partial charge in [0.15, 0.2) is 0 Å². The molecule has 6 heteroatoms. The number of sulfonamides is 1. The number of hydrogen-bond acceptors (Lipinski definition) is 3. The second-order valence-electron chi connectivity index (χ2n) is 5.12. The summed E-state index contributed by atoms with van der Waals surface area (Å²) in [6, 6.07) is 16.7. The van der Waals surface area contributed by atoms with Gasteiger partial charge in [0, 0.05) is 12.6 Å². The van der Waals surface area contributed by atoms with Crippen LogP contribution in [-0.4, -0.2) is 21.5 Å². The third-order valence-electron chi connectivity index (χ3n) is 3.75. The van der Waals surface area contributed by atoms with Crippen LogP contribution in [0, 0.1) is 0 Å². The van der Waals surface area contributed by atoms with E-state index in [1.807, 2.05) is 12.1 Å². The highest BCUT2D eigenvalue weighted by atomic mass is 35.5. The minimum Gasteiger partial charge on any atom is -0.308 e. The summed E-state index contributed by atoms with van der Waals surface area (Å²) in [5.41, 5.74) is 2.47. The molecule has 4 nitrogen and oxygen atoms in total. The first-order valence-corrected chi connectivity index (χ1v) is 8.51. The van der Waals surface area contributed by atoms with Crippen LogP contribution in [0.2, 0.25) is 0 Å². The molecule has 0 bridgehead atoms. The summed E-state index contributed by atoms with van der Waals surface area (Å²) in [6.45, 7) is 1.23. The Labute approximate surface area is 137 Å². The van der Waals surface area contributed by atoms with Crippen molar-refractivity contribution in [2.24, 2.45) is 0 Å². The topological polar surface area (TPSA) is 58.2 Å². The highest BCUT2D eigenvalue weighted by molar-refractivity contribution is 7.89. The highest BCUT2D eigenvalue weighted by Gasteiger charge is 2.21. The van der Waals surface area contributed by atoms with Crippen LogP contribution in [0.15, 0.2) is 59.5 Å². The number of rotatable bonds is 4. The molecule has 0 amide bonds. The summed E-state index contributed by atoms with van der Waals surface area (Å²) in [5, 5.41) is 3.37. The monoisotopic (exact) mass is 338 g/mol. The van der Waals surface area contributed by atoms with Gasteiger partial charge in [0.25, 0.3) is 0 Å². The van der Waals surface area contributed by atoms with E-state index in [-0.39, 0.29) is 18.4 Å². The normalized spacial score (nSPS) is 17.4. The van der Waals surface area contributed by atoms with Gasteiger partial charge in [-0.1, -0.05) is 42.5 Å². The first kappa shape index (κ1) is 17.0. The van der Waals surface area contributed by atoms with Gasteiger partial charge in [0.05, 0.1) is 4.90 Å². The van der Waals surface area contributed by atoms with E-state index >= 15 is 0 Å². The Morgan fingerprint density at radius 1 is 1.05 bits per heavy atom. The van der Waals surface area contributed by atoms with Crippen molar-refractivity contribution in [3.63, 3.8) is 0 Å². The van der Waals surface area contributed by atoms with E-state index in [9.17, 15) is 8.42 Å². The van der Waals surface area contributed by atoms with Crippen LogP contribution in [0.25, 0.3) is 0 Å². The smallest absolute Gasteiger partial charge is 0.240 e. The van der Waals surface area contributed by atoms with Crippen molar-refractivity contribution in [1.29, 1.82) is 0 Å². The van der Waals surface area contributed by atoms with Gasteiger partial charge in [-0.05, 0) is 36.2 Å². The van der Waals surface area contributed by atoms with Crippen molar-refractivity contribution in [3.05, 3.63) is 65.7 Å². The summed E-state index contributed by atoms with van der Waals surface area (Å²) in [4.78, 5) is 0.300. The third kappa shape index (κ3) is 3.67. The summed E-state index contributed by atoms with van der Waals surface area (Å²) >= 11 is 0. The van der Waals surface area contributed by atoms with Gasteiger partial charge in [0.1, 0.15) is 0 Å². The average Bonchev–Trinajstić information content (AvgIpc) is 2.54. The van der Waals surface area contributed by atoms with E-state index in [4.69, 9.17) is 0 Å². The summed E-state index contributed by atoms with van der Waals surface area (Å²) in [6.07, 6.45) is 0.984. The maximum absolute atomic E-state index is 12.2. The summed E-state index contributed by atoms with van der Waals surface area (Å²) in [7, 11) is -3.45. The number of benzene rings is 2. The van der Waals surface area contributed by atoms with Gasteiger partial charge in [-0.15, -0.1) is 12.4 Å². The van der Waals surface area contributed by atoms with Crippen LogP contribution >= 0.6 is 12.4 Å². The minimum atomic E-state index is -3.45. The molecule has 1 aliphatic rings. The molecule has 22 heavy (non-hydrogen) atoms. The molecular formula is C16H19ClN2O2S. The molecule has 0 fully saturated rings. The fourth-order valence-corrected chi connectivity index (χ4v) is 3.72. The Morgan fingerprint density at radius 2 is 1.73 bits per heavy atom. The zero-order chi connectivity index (χ0) is 14.7. The van der Waals surface area contributed by atoms with Crippen molar-refractivity contribution in [2.45, 2.75) is 17.4 Å². The van der Waals surface area contributed by atoms with E-state index in [0.717, 1.165) is 13.0 Å². The molecule has 0 spiro atoms. The quantitative estimate of drug-likeness (QED) is 0.899. The lowest BCUT2D eigenvalue weighted by atomic mass is 9.95. The van der Waals surface area contributed by atoms with E-state index < -0.39 is 10.0 Å². The molecule has 0 aromatic heterocycles. The number of fused-ring (bicyclic) bond motifs is 1. The number of nitrogens with one attached hydrogen (secondary N) is 2. The fourth-order valence-electron chi connectivity index (χ4n) is 2.65. The molecule has 2 N–H and O–H groups in total. The molecule has 1 unspecified atom stereocenters. The number of hydrogen-bond donors (Lipinski definition) is 2. The van der Waals surface area contributed by atoms with Crippen LogP contribution in [0.5, 0.6) is 0 Å². The largest absolute Gasteiger partial charge is 0.308 e.